The molecule has 0 heterocycles. The Morgan fingerprint density at radius 2 is 1.67 bits per heavy atom. The first kappa shape index (κ1) is 34.2. The molecule has 0 aliphatic heterocycles. The Morgan fingerprint density at radius 3 is 2.49 bits per heavy atom. The zero-order chi connectivity index (χ0) is 34.8. The van der Waals surface area contributed by atoms with Crippen molar-refractivity contribution in [2.24, 2.45) is 5.92 Å². The number of nitrogens with one attached hydrogen (secondary N) is 1. The third-order valence-corrected chi connectivity index (χ3v) is 10.6. The van der Waals surface area contributed by atoms with Gasteiger partial charge in [-0.25, -0.2) is 0 Å². The molecule has 0 amide bonds. The van der Waals surface area contributed by atoms with Crippen LogP contribution < -0.4 is 5.32 Å². The van der Waals surface area contributed by atoms with Gasteiger partial charge in [0.2, 0.25) is 0 Å². The first-order valence-electron chi connectivity index (χ1n) is 18.8. The molecule has 7 rings (SSSR count). The van der Waals surface area contributed by atoms with Gasteiger partial charge in [-0.15, -0.1) is 0 Å². The van der Waals surface area contributed by atoms with Gasteiger partial charge in [-0.1, -0.05) is 134 Å². The fraction of sp³-hybridized carbons (Fsp3) is 0.245. The molecule has 2 aromatic carbocycles. The summed E-state index contributed by atoms with van der Waals surface area (Å²) in [5.74, 6) is 0.407. The summed E-state index contributed by atoms with van der Waals surface area (Å²) in [5, 5.41) is 12.7. The summed E-state index contributed by atoms with van der Waals surface area (Å²) in [6.45, 7) is 5.22. The standard InChI is InChI=1S/C49H48N2/c1-36(11-5-6-30-51-49-21-7-12-37(31-49)35-50)43-15-8-16-44(32-43)39-22-24-41(25-23-39)47-19-10-20-48(34-47)42-28-26-40(27-29-42)46-18-9-17-45(33-46)38-13-3-2-4-14-38/h2-3,5,7-8,11-13,15-16,18-19,21-24,26-29,32-34,41,49,51H,1,4,6,9-10,14,17,20,25,30-31H2/b11-5-. The third kappa shape index (κ3) is 8.75. The van der Waals surface area contributed by atoms with Crippen molar-refractivity contribution >= 4 is 22.3 Å². The maximum Gasteiger partial charge on any atom is 0.0947 e. The molecule has 2 aromatic rings. The van der Waals surface area contributed by atoms with E-state index in [4.69, 9.17) is 5.26 Å². The van der Waals surface area contributed by atoms with Crippen molar-refractivity contribution in [3.8, 4) is 6.07 Å². The van der Waals surface area contributed by atoms with Gasteiger partial charge in [0.05, 0.1) is 6.07 Å². The Labute approximate surface area is 305 Å². The first-order valence-corrected chi connectivity index (χ1v) is 18.8. The highest BCUT2D eigenvalue weighted by Gasteiger charge is 2.18. The maximum absolute atomic E-state index is 9.15. The van der Waals surface area contributed by atoms with E-state index in [1.54, 1.807) is 0 Å². The molecule has 0 saturated heterocycles. The van der Waals surface area contributed by atoms with Crippen LogP contribution in [0.5, 0.6) is 0 Å². The molecule has 5 aliphatic rings. The molecule has 2 atom stereocenters. The molecule has 2 heteroatoms. The van der Waals surface area contributed by atoms with Crippen molar-refractivity contribution in [1.82, 2.24) is 5.32 Å². The van der Waals surface area contributed by atoms with Crippen LogP contribution in [-0.2, 0) is 0 Å². The molecule has 0 spiro atoms. The number of nitriles is 1. The predicted molar refractivity (Wildman–Crippen MR) is 217 cm³/mol. The number of allylic oxidation sites excluding steroid dienone is 20. The Balaban J connectivity index is 0.931. The molecule has 1 N–H and O–H groups in total. The fourth-order valence-electron chi connectivity index (χ4n) is 7.67. The highest BCUT2D eigenvalue weighted by molar-refractivity contribution is 5.81. The Hall–Kier alpha value is -5.23. The molecule has 254 valence electrons. The molecular weight excluding hydrogens is 617 g/mol. The minimum absolute atomic E-state index is 0.234. The first-order chi connectivity index (χ1) is 25.1. The molecule has 0 bridgehead atoms. The maximum atomic E-state index is 9.15. The molecule has 2 unspecified atom stereocenters. The Bertz CT molecular complexity index is 2030. The normalized spacial score (nSPS) is 21.5. The summed E-state index contributed by atoms with van der Waals surface area (Å²) in [7, 11) is 0. The van der Waals surface area contributed by atoms with E-state index in [9.17, 15) is 0 Å². The van der Waals surface area contributed by atoms with Crippen molar-refractivity contribution in [3.63, 3.8) is 0 Å². The number of nitrogens with zero attached hydrogens (tertiary/aromatic N) is 1. The van der Waals surface area contributed by atoms with Gasteiger partial charge in [0.25, 0.3) is 0 Å². The van der Waals surface area contributed by atoms with Crippen LogP contribution in [0.2, 0.25) is 0 Å². The van der Waals surface area contributed by atoms with Crippen molar-refractivity contribution < 1.29 is 0 Å². The smallest absolute Gasteiger partial charge is 0.0947 e. The molecule has 0 radical (unpaired) electrons. The molecule has 0 fully saturated rings. The quantitative estimate of drug-likeness (QED) is 0.192. The Kier molecular flexibility index (Phi) is 11.2. The largest absolute Gasteiger partial charge is 0.310 e. The fourth-order valence-corrected chi connectivity index (χ4v) is 7.67. The van der Waals surface area contributed by atoms with Gasteiger partial charge in [0, 0.05) is 24.0 Å². The van der Waals surface area contributed by atoms with E-state index in [-0.39, 0.29) is 6.04 Å². The van der Waals surface area contributed by atoms with Crippen LogP contribution >= 0.6 is 0 Å². The second kappa shape index (κ2) is 16.7. The van der Waals surface area contributed by atoms with Gasteiger partial charge in [0.1, 0.15) is 0 Å². The van der Waals surface area contributed by atoms with Crippen LogP contribution in [-0.4, -0.2) is 12.6 Å². The zero-order valence-corrected chi connectivity index (χ0v) is 29.7. The average Bonchev–Trinajstić information content (AvgIpc) is 3.21. The van der Waals surface area contributed by atoms with Crippen LogP contribution in [0.25, 0.3) is 22.3 Å². The van der Waals surface area contributed by atoms with Gasteiger partial charge in [-0.2, -0.15) is 5.26 Å². The van der Waals surface area contributed by atoms with Crippen LogP contribution in [0.3, 0.4) is 0 Å². The van der Waals surface area contributed by atoms with E-state index in [0.717, 1.165) is 81.0 Å². The van der Waals surface area contributed by atoms with E-state index in [0.29, 0.717) is 5.92 Å². The topological polar surface area (TPSA) is 35.8 Å². The third-order valence-electron chi connectivity index (χ3n) is 10.6. The molecule has 0 saturated carbocycles. The number of benzene rings is 2. The SMILES string of the molecule is C=C(/C=C\CCNC1C=CC=C(C#N)C1)c1cccc(C2=CCC(C3=CCCC(c4ccc(C5=CCCC(C6=CC=CCC6)=C5)cc4)=C3)C=C2)c1. The van der Waals surface area contributed by atoms with Gasteiger partial charge >= 0.3 is 0 Å². The monoisotopic (exact) mass is 664 g/mol. The van der Waals surface area contributed by atoms with E-state index in [1.807, 2.05) is 12.2 Å². The predicted octanol–water partition coefficient (Wildman–Crippen LogP) is 12.2. The number of rotatable bonds is 11. The molecular formula is C49H48N2. The van der Waals surface area contributed by atoms with E-state index < -0.39 is 0 Å². The van der Waals surface area contributed by atoms with Crippen LogP contribution in [0.15, 0.2) is 169 Å². The minimum Gasteiger partial charge on any atom is -0.310 e. The van der Waals surface area contributed by atoms with Crippen molar-refractivity contribution in [3.05, 3.63) is 191 Å². The lowest BCUT2D eigenvalue weighted by molar-refractivity contribution is 0.594. The number of hydrogen-bond donors (Lipinski definition) is 1. The lowest BCUT2D eigenvalue weighted by Crippen LogP contribution is -2.29. The average molecular weight is 665 g/mol. The van der Waals surface area contributed by atoms with Crippen LogP contribution in [0, 0.1) is 17.2 Å². The van der Waals surface area contributed by atoms with Crippen molar-refractivity contribution in [2.45, 2.75) is 63.8 Å². The van der Waals surface area contributed by atoms with Gasteiger partial charge in [-0.05, 0) is 131 Å². The molecule has 5 aliphatic carbocycles. The summed E-state index contributed by atoms with van der Waals surface area (Å²) in [4.78, 5) is 0. The Morgan fingerprint density at radius 1 is 0.824 bits per heavy atom. The molecule has 2 nitrogen and oxygen atoms in total. The van der Waals surface area contributed by atoms with Crippen LogP contribution in [0.4, 0.5) is 0 Å². The summed E-state index contributed by atoms with van der Waals surface area (Å²) >= 11 is 0. The van der Waals surface area contributed by atoms with Gasteiger partial charge in [0.15, 0.2) is 0 Å². The summed E-state index contributed by atoms with van der Waals surface area (Å²) in [5.41, 5.74) is 15.4. The van der Waals surface area contributed by atoms with E-state index in [2.05, 4.69) is 145 Å². The second-order valence-electron chi connectivity index (χ2n) is 14.1. The van der Waals surface area contributed by atoms with E-state index >= 15 is 0 Å². The lowest BCUT2D eigenvalue weighted by atomic mass is 9.82. The van der Waals surface area contributed by atoms with Gasteiger partial charge < -0.3 is 5.32 Å². The van der Waals surface area contributed by atoms with Crippen molar-refractivity contribution in [2.75, 3.05) is 6.54 Å². The van der Waals surface area contributed by atoms with E-state index in [1.165, 1.54) is 50.1 Å². The highest BCUT2D eigenvalue weighted by Crippen LogP contribution is 2.37. The zero-order valence-electron chi connectivity index (χ0n) is 29.7. The minimum atomic E-state index is 0.234. The molecule has 0 aromatic heterocycles. The summed E-state index contributed by atoms with van der Waals surface area (Å²) in [6.07, 6.45) is 43.4. The summed E-state index contributed by atoms with van der Waals surface area (Å²) in [6, 6.07) is 20.5. The van der Waals surface area contributed by atoms with Gasteiger partial charge in [-0.3, -0.25) is 0 Å². The summed E-state index contributed by atoms with van der Waals surface area (Å²) < 4.78 is 0. The molecule has 51 heavy (non-hydrogen) atoms. The highest BCUT2D eigenvalue weighted by atomic mass is 14.9. The van der Waals surface area contributed by atoms with Crippen molar-refractivity contribution in [1.29, 1.82) is 5.26 Å². The lowest BCUT2D eigenvalue weighted by Gasteiger charge is -2.22. The number of hydrogen-bond acceptors (Lipinski definition) is 2. The van der Waals surface area contributed by atoms with Crippen LogP contribution in [0.1, 0.15) is 80.0 Å². The second-order valence-corrected chi connectivity index (χ2v) is 14.1.